The molecule has 0 aliphatic heterocycles. The summed E-state index contributed by atoms with van der Waals surface area (Å²) in [7, 11) is 0. The second kappa shape index (κ2) is 8.28. The first-order valence-electron chi connectivity index (χ1n) is 6.18. The van der Waals surface area contributed by atoms with E-state index in [1.807, 2.05) is 30.3 Å². The Morgan fingerprint density at radius 3 is 2.56 bits per heavy atom. The minimum atomic E-state index is -0.323. The summed E-state index contributed by atoms with van der Waals surface area (Å²) in [5, 5.41) is 2.78. The Labute approximate surface area is 107 Å². The number of amides is 1. The molecule has 0 aliphatic carbocycles. The monoisotopic (exact) mass is 249 g/mol. The van der Waals surface area contributed by atoms with Gasteiger partial charge in [0.2, 0.25) is 5.91 Å². The van der Waals surface area contributed by atoms with E-state index in [4.69, 9.17) is 4.74 Å². The van der Waals surface area contributed by atoms with Crippen LogP contribution in [0.5, 0.6) is 0 Å². The normalized spacial score (nSPS) is 9.83. The lowest BCUT2D eigenvalue weighted by molar-refractivity contribution is -0.144. The van der Waals surface area contributed by atoms with Crippen molar-refractivity contribution in [1.29, 1.82) is 0 Å². The highest BCUT2D eigenvalue weighted by molar-refractivity contribution is 5.81. The first-order valence-corrected chi connectivity index (χ1v) is 6.18. The second-order valence-electron chi connectivity index (χ2n) is 3.89. The SMILES string of the molecule is CCOC(=O)CCC(=O)NCCc1ccccc1. The van der Waals surface area contributed by atoms with Crippen molar-refractivity contribution in [3.8, 4) is 0 Å². The average molecular weight is 249 g/mol. The van der Waals surface area contributed by atoms with E-state index in [9.17, 15) is 9.59 Å². The molecular formula is C14H19NO3. The molecule has 1 N–H and O–H groups in total. The van der Waals surface area contributed by atoms with Gasteiger partial charge in [0.1, 0.15) is 0 Å². The van der Waals surface area contributed by atoms with Crippen LogP contribution in [0.1, 0.15) is 25.3 Å². The summed E-state index contributed by atoms with van der Waals surface area (Å²) in [6.45, 7) is 2.69. The fourth-order valence-corrected chi connectivity index (χ4v) is 1.53. The Balaban J connectivity index is 2.12. The molecule has 0 radical (unpaired) electrons. The van der Waals surface area contributed by atoms with Crippen molar-refractivity contribution >= 4 is 11.9 Å². The van der Waals surface area contributed by atoms with Crippen LogP contribution in [0.25, 0.3) is 0 Å². The van der Waals surface area contributed by atoms with E-state index >= 15 is 0 Å². The molecule has 0 bridgehead atoms. The van der Waals surface area contributed by atoms with Crippen LogP contribution in [0.15, 0.2) is 30.3 Å². The van der Waals surface area contributed by atoms with E-state index in [-0.39, 0.29) is 24.7 Å². The predicted octanol–water partition coefficient (Wildman–Crippen LogP) is 1.69. The van der Waals surface area contributed by atoms with Crippen LogP contribution < -0.4 is 5.32 Å². The number of hydrogen-bond donors (Lipinski definition) is 1. The maximum Gasteiger partial charge on any atom is 0.306 e. The molecule has 0 spiro atoms. The van der Waals surface area contributed by atoms with E-state index in [2.05, 4.69) is 5.32 Å². The van der Waals surface area contributed by atoms with Gasteiger partial charge in [-0.05, 0) is 18.9 Å². The number of carbonyl (C=O) groups is 2. The molecule has 1 amide bonds. The molecule has 98 valence electrons. The highest BCUT2D eigenvalue weighted by atomic mass is 16.5. The van der Waals surface area contributed by atoms with Crippen LogP contribution in [0.4, 0.5) is 0 Å². The zero-order valence-electron chi connectivity index (χ0n) is 10.6. The van der Waals surface area contributed by atoms with Crippen molar-refractivity contribution in [2.24, 2.45) is 0 Å². The molecule has 0 aromatic heterocycles. The fraction of sp³-hybridized carbons (Fsp3) is 0.429. The van der Waals surface area contributed by atoms with Gasteiger partial charge in [0, 0.05) is 13.0 Å². The zero-order valence-corrected chi connectivity index (χ0v) is 10.6. The number of carbonyl (C=O) groups excluding carboxylic acids is 2. The maximum absolute atomic E-state index is 11.4. The van der Waals surface area contributed by atoms with E-state index in [0.29, 0.717) is 13.2 Å². The quantitative estimate of drug-likeness (QED) is 0.748. The van der Waals surface area contributed by atoms with Crippen LogP contribution in [0.3, 0.4) is 0 Å². The lowest BCUT2D eigenvalue weighted by atomic mass is 10.1. The average Bonchev–Trinajstić information content (AvgIpc) is 2.38. The summed E-state index contributed by atoms with van der Waals surface area (Å²) in [6.07, 6.45) is 1.13. The largest absolute Gasteiger partial charge is 0.466 e. The van der Waals surface area contributed by atoms with E-state index in [0.717, 1.165) is 6.42 Å². The topological polar surface area (TPSA) is 55.4 Å². The van der Waals surface area contributed by atoms with Crippen molar-refractivity contribution in [1.82, 2.24) is 5.32 Å². The molecule has 1 aromatic carbocycles. The van der Waals surface area contributed by atoms with Crippen molar-refractivity contribution in [2.45, 2.75) is 26.2 Å². The fourth-order valence-electron chi connectivity index (χ4n) is 1.53. The van der Waals surface area contributed by atoms with Gasteiger partial charge in [0.05, 0.1) is 13.0 Å². The molecule has 0 aliphatic rings. The second-order valence-corrected chi connectivity index (χ2v) is 3.89. The third kappa shape index (κ3) is 6.03. The number of nitrogens with one attached hydrogen (secondary N) is 1. The summed E-state index contributed by atoms with van der Waals surface area (Å²) < 4.78 is 4.75. The van der Waals surface area contributed by atoms with E-state index < -0.39 is 0 Å². The van der Waals surface area contributed by atoms with Crippen LogP contribution in [-0.4, -0.2) is 25.0 Å². The van der Waals surface area contributed by atoms with Gasteiger partial charge in [-0.25, -0.2) is 0 Å². The molecule has 0 saturated heterocycles. The molecule has 0 fully saturated rings. The van der Waals surface area contributed by atoms with Crippen molar-refractivity contribution in [3.63, 3.8) is 0 Å². The summed E-state index contributed by atoms with van der Waals surface area (Å²) in [6, 6.07) is 9.94. The van der Waals surface area contributed by atoms with Gasteiger partial charge >= 0.3 is 5.97 Å². The molecule has 1 rings (SSSR count). The standard InChI is InChI=1S/C14H19NO3/c1-2-18-14(17)9-8-13(16)15-11-10-12-6-4-3-5-7-12/h3-7H,2,8-11H2,1H3,(H,15,16). The number of benzene rings is 1. The number of esters is 1. The Morgan fingerprint density at radius 2 is 1.89 bits per heavy atom. The minimum Gasteiger partial charge on any atom is -0.466 e. The van der Waals surface area contributed by atoms with E-state index in [1.54, 1.807) is 6.92 Å². The summed E-state index contributed by atoms with van der Waals surface area (Å²) in [5.41, 5.74) is 1.18. The molecule has 0 saturated carbocycles. The van der Waals surface area contributed by atoms with Crippen LogP contribution >= 0.6 is 0 Å². The van der Waals surface area contributed by atoms with Gasteiger partial charge in [0.15, 0.2) is 0 Å². The Bertz CT molecular complexity index is 376. The first-order chi connectivity index (χ1) is 8.72. The zero-order chi connectivity index (χ0) is 13.2. The summed E-state index contributed by atoms with van der Waals surface area (Å²) in [4.78, 5) is 22.5. The molecule has 18 heavy (non-hydrogen) atoms. The van der Waals surface area contributed by atoms with Gasteiger partial charge in [-0.3, -0.25) is 9.59 Å². The summed E-state index contributed by atoms with van der Waals surface area (Å²) in [5.74, 6) is -0.435. The molecule has 1 aromatic rings. The Morgan fingerprint density at radius 1 is 1.17 bits per heavy atom. The number of rotatable bonds is 7. The van der Waals surface area contributed by atoms with Gasteiger partial charge in [-0.15, -0.1) is 0 Å². The van der Waals surface area contributed by atoms with Crippen LogP contribution in [-0.2, 0) is 20.7 Å². The van der Waals surface area contributed by atoms with Crippen LogP contribution in [0.2, 0.25) is 0 Å². The molecule has 0 unspecified atom stereocenters. The first kappa shape index (κ1) is 14.2. The number of ether oxygens (including phenoxy) is 1. The maximum atomic E-state index is 11.4. The van der Waals surface area contributed by atoms with E-state index in [1.165, 1.54) is 5.56 Å². The van der Waals surface area contributed by atoms with Gasteiger partial charge in [0.25, 0.3) is 0 Å². The lowest BCUT2D eigenvalue weighted by Crippen LogP contribution is -2.26. The third-order valence-electron chi connectivity index (χ3n) is 2.44. The molecule has 0 atom stereocenters. The Kier molecular flexibility index (Phi) is 6.54. The highest BCUT2D eigenvalue weighted by Crippen LogP contribution is 1.98. The minimum absolute atomic E-state index is 0.112. The molecule has 4 heteroatoms. The van der Waals surface area contributed by atoms with Gasteiger partial charge in [-0.1, -0.05) is 30.3 Å². The summed E-state index contributed by atoms with van der Waals surface area (Å²) >= 11 is 0. The molecular weight excluding hydrogens is 230 g/mol. The lowest BCUT2D eigenvalue weighted by Gasteiger charge is -2.05. The van der Waals surface area contributed by atoms with Gasteiger partial charge in [-0.2, -0.15) is 0 Å². The third-order valence-corrected chi connectivity index (χ3v) is 2.44. The number of hydrogen-bond acceptors (Lipinski definition) is 3. The van der Waals surface area contributed by atoms with Crippen molar-refractivity contribution < 1.29 is 14.3 Å². The molecule has 0 heterocycles. The van der Waals surface area contributed by atoms with Crippen LogP contribution in [0, 0.1) is 0 Å². The highest BCUT2D eigenvalue weighted by Gasteiger charge is 2.06. The smallest absolute Gasteiger partial charge is 0.306 e. The van der Waals surface area contributed by atoms with Gasteiger partial charge < -0.3 is 10.1 Å². The predicted molar refractivity (Wildman–Crippen MR) is 69.0 cm³/mol. The van der Waals surface area contributed by atoms with Crippen molar-refractivity contribution in [3.05, 3.63) is 35.9 Å². The Hall–Kier alpha value is -1.84. The molecule has 4 nitrogen and oxygen atoms in total. The van der Waals surface area contributed by atoms with Crippen molar-refractivity contribution in [2.75, 3.05) is 13.2 Å².